The lowest BCUT2D eigenvalue weighted by Gasteiger charge is -2.08. The van der Waals surface area contributed by atoms with Gasteiger partial charge in [-0.3, -0.25) is 14.2 Å². The molecule has 3 aromatic rings. The zero-order chi connectivity index (χ0) is 19.9. The van der Waals surface area contributed by atoms with Gasteiger partial charge in [-0.1, -0.05) is 19.1 Å². The number of carbonyl (C=O) groups excluding carboxylic acids is 2. The molecule has 0 bridgehead atoms. The van der Waals surface area contributed by atoms with Crippen molar-refractivity contribution in [3.8, 4) is 0 Å². The molecule has 1 N–H and O–H groups in total. The number of nitrogens with one attached hydrogen (secondary N) is 1. The lowest BCUT2D eigenvalue weighted by Crippen LogP contribution is -2.23. The summed E-state index contributed by atoms with van der Waals surface area (Å²) in [6, 6.07) is 13.6. The van der Waals surface area contributed by atoms with Gasteiger partial charge in [0.2, 0.25) is 5.91 Å². The average molecular weight is 379 g/mol. The average Bonchev–Trinajstić information content (AvgIpc) is 2.72. The number of anilines is 1. The second-order valence-corrected chi connectivity index (χ2v) is 6.27. The summed E-state index contributed by atoms with van der Waals surface area (Å²) < 4.78 is 6.49. The first-order valence-corrected chi connectivity index (χ1v) is 9.09. The first-order valence-electron chi connectivity index (χ1n) is 9.09. The minimum absolute atomic E-state index is 0.125. The maximum atomic E-state index is 12.4. The van der Waals surface area contributed by atoms with Crippen molar-refractivity contribution in [2.75, 3.05) is 11.9 Å². The maximum absolute atomic E-state index is 12.4. The summed E-state index contributed by atoms with van der Waals surface area (Å²) in [7, 11) is 0. The van der Waals surface area contributed by atoms with E-state index in [2.05, 4.69) is 10.3 Å². The Morgan fingerprint density at radius 2 is 1.86 bits per heavy atom. The van der Waals surface area contributed by atoms with Crippen molar-refractivity contribution in [1.29, 1.82) is 0 Å². The van der Waals surface area contributed by atoms with E-state index in [1.165, 1.54) is 10.9 Å². The molecule has 1 amide bonds. The molecule has 3 rings (SSSR count). The Morgan fingerprint density at radius 3 is 2.61 bits per heavy atom. The monoisotopic (exact) mass is 379 g/mol. The standard InChI is InChI=1S/C21H21N3O4/c1-2-13-28-21(27)15-7-9-16(10-8-15)23-19(25)11-12-24-14-22-18-6-4-3-5-17(18)20(24)26/h3-10,14H,2,11-13H2,1H3,(H,23,25). The molecule has 0 radical (unpaired) electrons. The van der Waals surface area contributed by atoms with Crippen molar-refractivity contribution in [3.63, 3.8) is 0 Å². The van der Waals surface area contributed by atoms with Gasteiger partial charge in [0.15, 0.2) is 0 Å². The van der Waals surface area contributed by atoms with E-state index in [4.69, 9.17) is 4.74 Å². The van der Waals surface area contributed by atoms with Gasteiger partial charge >= 0.3 is 5.97 Å². The molecule has 0 spiro atoms. The van der Waals surface area contributed by atoms with Crippen LogP contribution in [-0.2, 0) is 16.1 Å². The van der Waals surface area contributed by atoms with Crippen LogP contribution in [0.25, 0.3) is 10.9 Å². The third-order valence-electron chi connectivity index (χ3n) is 4.15. The van der Waals surface area contributed by atoms with E-state index >= 15 is 0 Å². The number of fused-ring (bicyclic) bond motifs is 1. The molecule has 28 heavy (non-hydrogen) atoms. The van der Waals surface area contributed by atoms with Crippen LogP contribution in [0.15, 0.2) is 59.7 Å². The Morgan fingerprint density at radius 1 is 1.11 bits per heavy atom. The number of para-hydroxylation sites is 1. The molecule has 7 nitrogen and oxygen atoms in total. The minimum Gasteiger partial charge on any atom is -0.462 e. The van der Waals surface area contributed by atoms with Crippen molar-refractivity contribution in [1.82, 2.24) is 9.55 Å². The highest BCUT2D eigenvalue weighted by atomic mass is 16.5. The molecular weight excluding hydrogens is 358 g/mol. The lowest BCUT2D eigenvalue weighted by molar-refractivity contribution is -0.116. The molecule has 0 atom stereocenters. The summed E-state index contributed by atoms with van der Waals surface area (Å²) in [4.78, 5) is 40.6. The molecule has 0 unspecified atom stereocenters. The number of carbonyl (C=O) groups is 2. The van der Waals surface area contributed by atoms with Crippen LogP contribution in [0.5, 0.6) is 0 Å². The van der Waals surface area contributed by atoms with E-state index in [9.17, 15) is 14.4 Å². The van der Waals surface area contributed by atoms with Gasteiger partial charge in [0.05, 0.1) is 29.4 Å². The van der Waals surface area contributed by atoms with E-state index in [0.717, 1.165) is 6.42 Å². The molecule has 0 aliphatic heterocycles. The van der Waals surface area contributed by atoms with Crippen molar-refractivity contribution in [3.05, 3.63) is 70.8 Å². The van der Waals surface area contributed by atoms with Gasteiger partial charge in [-0.05, 0) is 42.8 Å². The quantitative estimate of drug-likeness (QED) is 0.638. The van der Waals surface area contributed by atoms with Crippen LogP contribution in [0.1, 0.15) is 30.1 Å². The minimum atomic E-state index is -0.386. The Hall–Kier alpha value is -3.48. The summed E-state index contributed by atoms with van der Waals surface area (Å²) >= 11 is 0. The number of ether oxygens (including phenoxy) is 1. The maximum Gasteiger partial charge on any atom is 0.338 e. The number of aromatic nitrogens is 2. The second kappa shape index (κ2) is 8.94. The van der Waals surface area contributed by atoms with Crippen LogP contribution in [-0.4, -0.2) is 28.0 Å². The number of hydrogen-bond donors (Lipinski definition) is 1. The number of hydrogen-bond acceptors (Lipinski definition) is 5. The number of nitrogens with zero attached hydrogens (tertiary/aromatic N) is 2. The highest BCUT2D eigenvalue weighted by Crippen LogP contribution is 2.11. The fraction of sp³-hybridized carbons (Fsp3) is 0.238. The molecule has 7 heteroatoms. The summed E-state index contributed by atoms with van der Waals surface area (Å²) in [5.41, 5.74) is 1.46. The number of rotatable bonds is 7. The van der Waals surface area contributed by atoms with Crippen molar-refractivity contribution in [2.24, 2.45) is 0 Å². The first kappa shape index (κ1) is 19.3. The molecule has 0 aliphatic rings. The lowest BCUT2D eigenvalue weighted by atomic mass is 10.2. The third-order valence-corrected chi connectivity index (χ3v) is 4.15. The highest BCUT2D eigenvalue weighted by molar-refractivity contribution is 5.93. The molecule has 144 valence electrons. The van der Waals surface area contributed by atoms with Crippen molar-refractivity contribution in [2.45, 2.75) is 26.3 Å². The predicted molar refractivity (Wildman–Crippen MR) is 106 cm³/mol. The Labute approximate surface area is 162 Å². The summed E-state index contributed by atoms with van der Waals surface area (Å²) in [5.74, 6) is -0.621. The summed E-state index contributed by atoms with van der Waals surface area (Å²) in [6.07, 6.45) is 2.34. The number of esters is 1. The SMILES string of the molecule is CCCOC(=O)c1ccc(NC(=O)CCn2cnc3ccccc3c2=O)cc1. The predicted octanol–water partition coefficient (Wildman–Crippen LogP) is 2.99. The van der Waals surface area contributed by atoms with E-state index in [0.29, 0.717) is 28.8 Å². The van der Waals surface area contributed by atoms with E-state index in [1.807, 2.05) is 13.0 Å². The van der Waals surface area contributed by atoms with Gasteiger partial charge in [0.1, 0.15) is 0 Å². The smallest absolute Gasteiger partial charge is 0.338 e. The second-order valence-electron chi connectivity index (χ2n) is 6.27. The van der Waals surface area contributed by atoms with Crippen LogP contribution in [0.3, 0.4) is 0 Å². The molecule has 2 aromatic carbocycles. The molecule has 0 saturated carbocycles. The van der Waals surface area contributed by atoms with Crippen LogP contribution in [0, 0.1) is 0 Å². The molecule has 0 aliphatic carbocycles. The van der Waals surface area contributed by atoms with Crippen LogP contribution >= 0.6 is 0 Å². The fourth-order valence-electron chi connectivity index (χ4n) is 2.68. The molecule has 0 saturated heterocycles. The zero-order valence-electron chi connectivity index (χ0n) is 15.6. The Balaban J connectivity index is 1.58. The Bertz CT molecular complexity index is 1040. The van der Waals surface area contributed by atoms with Crippen LogP contribution in [0.2, 0.25) is 0 Å². The van der Waals surface area contributed by atoms with Crippen LogP contribution in [0.4, 0.5) is 5.69 Å². The molecule has 1 heterocycles. The highest BCUT2D eigenvalue weighted by Gasteiger charge is 2.09. The first-order chi connectivity index (χ1) is 13.6. The molecule has 0 fully saturated rings. The number of amides is 1. The fourth-order valence-corrected chi connectivity index (χ4v) is 2.68. The normalized spacial score (nSPS) is 10.6. The summed E-state index contributed by atoms with van der Waals surface area (Å²) in [6.45, 7) is 2.53. The zero-order valence-corrected chi connectivity index (χ0v) is 15.6. The Kier molecular flexibility index (Phi) is 6.16. The van der Waals surface area contributed by atoms with Gasteiger partial charge in [-0.15, -0.1) is 0 Å². The number of benzene rings is 2. The largest absolute Gasteiger partial charge is 0.462 e. The van der Waals surface area contributed by atoms with E-state index in [1.54, 1.807) is 42.5 Å². The molecular formula is C21H21N3O4. The van der Waals surface area contributed by atoms with E-state index < -0.39 is 0 Å². The topological polar surface area (TPSA) is 90.3 Å². The number of aryl methyl sites for hydroxylation is 1. The van der Waals surface area contributed by atoms with E-state index in [-0.39, 0.29) is 30.4 Å². The van der Waals surface area contributed by atoms with Gasteiger partial charge < -0.3 is 10.1 Å². The van der Waals surface area contributed by atoms with Gasteiger partial charge in [0, 0.05) is 18.7 Å². The van der Waals surface area contributed by atoms with Gasteiger partial charge in [-0.2, -0.15) is 0 Å². The van der Waals surface area contributed by atoms with Crippen LogP contribution < -0.4 is 10.9 Å². The van der Waals surface area contributed by atoms with Gasteiger partial charge in [-0.25, -0.2) is 9.78 Å². The van der Waals surface area contributed by atoms with Crippen molar-refractivity contribution < 1.29 is 14.3 Å². The van der Waals surface area contributed by atoms with Crippen molar-refractivity contribution >= 4 is 28.5 Å². The summed E-state index contributed by atoms with van der Waals surface area (Å²) in [5, 5.41) is 3.28. The van der Waals surface area contributed by atoms with Gasteiger partial charge in [0.25, 0.3) is 5.56 Å². The molecule has 1 aromatic heterocycles. The third kappa shape index (κ3) is 4.62.